The van der Waals surface area contributed by atoms with Gasteiger partial charge in [0.15, 0.2) is 5.78 Å². The van der Waals surface area contributed by atoms with E-state index in [9.17, 15) is 14.0 Å². The Morgan fingerprint density at radius 3 is 2.33 bits per heavy atom. The molecule has 2 rings (SSSR count). The monoisotopic (exact) mass is 287 g/mol. The van der Waals surface area contributed by atoms with Crippen LogP contribution in [-0.2, 0) is 11.3 Å². The number of halogens is 1. The molecule has 5 heteroatoms. The molecule has 2 aromatic rings. The summed E-state index contributed by atoms with van der Waals surface area (Å²) in [5.74, 6) is -0.728. The van der Waals surface area contributed by atoms with Gasteiger partial charge in [0.1, 0.15) is 12.4 Å². The lowest BCUT2D eigenvalue weighted by Crippen LogP contribution is -2.30. The second-order valence-electron chi connectivity index (χ2n) is 4.35. The Balaban J connectivity index is 1.76. The summed E-state index contributed by atoms with van der Waals surface area (Å²) < 4.78 is 17.7. The van der Waals surface area contributed by atoms with Crippen LogP contribution in [0.1, 0.15) is 15.9 Å². The van der Waals surface area contributed by atoms with E-state index in [1.54, 1.807) is 0 Å². The lowest BCUT2D eigenvalue weighted by Gasteiger charge is -2.06. The highest BCUT2D eigenvalue weighted by atomic mass is 19.1. The molecule has 0 unspecified atom stereocenters. The van der Waals surface area contributed by atoms with Gasteiger partial charge in [0.05, 0.1) is 6.54 Å². The van der Waals surface area contributed by atoms with Gasteiger partial charge < -0.3 is 10.1 Å². The molecule has 0 radical (unpaired) electrons. The van der Waals surface area contributed by atoms with Gasteiger partial charge in [-0.25, -0.2) is 9.18 Å². The topological polar surface area (TPSA) is 55.4 Å². The van der Waals surface area contributed by atoms with Crippen LogP contribution in [0.4, 0.5) is 9.18 Å². The number of benzene rings is 2. The minimum Gasteiger partial charge on any atom is -0.445 e. The zero-order chi connectivity index (χ0) is 15.1. The number of ketones is 1. The molecule has 0 saturated heterocycles. The van der Waals surface area contributed by atoms with Crippen molar-refractivity contribution >= 4 is 11.9 Å². The molecule has 0 aliphatic rings. The maximum atomic E-state index is 12.7. The molecular weight excluding hydrogens is 273 g/mol. The average molecular weight is 287 g/mol. The number of amides is 1. The summed E-state index contributed by atoms with van der Waals surface area (Å²) in [6, 6.07) is 14.3. The van der Waals surface area contributed by atoms with E-state index in [1.165, 1.54) is 24.3 Å². The Bertz CT molecular complexity index is 611. The molecule has 1 N–H and O–H groups in total. The summed E-state index contributed by atoms with van der Waals surface area (Å²) in [6.07, 6.45) is -0.672. The molecule has 108 valence electrons. The van der Waals surface area contributed by atoms with Gasteiger partial charge in [-0.15, -0.1) is 0 Å². The highest BCUT2D eigenvalue weighted by Gasteiger charge is 2.09. The van der Waals surface area contributed by atoms with Gasteiger partial charge in [0.2, 0.25) is 0 Å². The molecule has 0 atom stereocenters. The van der Waals surface area contributed by atoms with Crippen molar-refractivity contribution in [3.05, 3.63) is 71.5 Å². The first-order valence-electron chi connectivity index (χ1n) is 6.38. The van der Waals surface area contributed by atoms with Gasteiger partial charge >= 0.3 is 6.09 Å². The van der Waals surface area contributed by atoms with Gasteiger partial charge in [-0.1, -0.05) is 30.3 Å². The van der Waals surface area contributed by atoms with E-state index in [4.69, 9.17) is 4.74 Å². The lowest BCUT2D eigenvalue weighted by atomic mass is 10.1. The summed E-state index contributed by atoms with van der Waals surface area (Å²) in [5.41, 5.74) is 1.19. The number of hydrogen-bond acceptors (Lipinski definition) is 3. The molecule has 2 aromatic carbocycles. The standard InChI is InChI=1S/C16H14FNO3/c17-14-8-6-13(7-9-14)15(19)10-18-16(20)21-11-12-4-2-1-3-5-12/h1-9H,10-11H2,(H,18,20). The van der Waals surface area contributed by atoms with Crippen LogP contribution in [0.3, 0.4) is 0 Å². The van der Waals surface area contributed by atoms with E-state index >= 15 is 0 Å². The first kappa shape index (κ1) is 14.7. The van der Waals surface area contributed by atoms with Crippen LogP contribution < -0.4 is 5.32 Å². The molecule has 0 bridgehead atoms. The zero-order valence-corrected chi connectivity index (χ0v) is 11.2. The Kier molecular flexibility index (Phi) is 5.04. The number of Topliss-reactive ketones (excluding diaryl/α,β-unsaturated/α-hetero) is 1. The number of carbonyl (C=O) groups excluding carboxylic acids is 2. The number of alkyl carbamates (subject to hydrolysis) is 1. The van der Waals surface area contributed by atoms with Crippen LogP contribution in [0.15, 0.2) is 54.6 Å². The minimum atomic E-state index is -0.672. The Morgan fingerprint density at radius 1 is 1.00 bits per heavy atom. The third kappa shape index (κ3) is 4.72. The normalized spacial score (nSPS) is 9.95. The molecule has 0 fully saturated rings. The van der Waals surface area contributed by atoms with Crippen molar-refractivity contribution in [2.24, 2.45) is 0 Å². The van der Waals surface area contributed by atoms with E-state index < -0.39 is 11.9 Å². The maximum Gasteiger partial charge on any atom is 0.407 e. The second kappa shape index (κ2) is 7.19. The van der Waals surface area contributed by atoms with Gasteiger partial charge in [-0.2, -0.15) is 0 Å². The molecule has 0 spiro atoms. The highest BCUT2D eigenvalue weighted by Crippen LogP contribution is 2.03. The van der Waals surface area contributed by atoms with Crippen LogP contribution in [0.25, 0.3) is 0 Å². The lowest BCUT2D eigenvalue weighted by molar-refractivity contribution is 0.0974. The number of hydrogen-bond donors (Lipinski definition) is 1. The molecular formula is C16H14FNO3. The van der Waals surface area contributed by atoms with Gasteiger partial charge in [-0.05, 0) is 29.8 Å². The van der Waals surface area contributed by atoms with Crippen molar-refractivity contribution in [3.63, 3.8) is 0 Å². The molecule has 0 heterocycles. The average Bonchev–Trinajstić information content (AvgIpc) is 2.52. The fourth-order valence-corrected chi connectivity index (χ4v) is 1.66. The maximum absolute atomic E-state index is 12.7. The van der Waals surface area contributed by atoms with Crippen LogP contribution in [0.5, 0.6) is 0 Å². The number of carbonyl (C=O) groups is 2. The first-order valence-corrected chi connectivity index (χ1v) is 6.38. The summed E-state index contributed by atoms with van der Waals surface area (Å²) in [4.78, 5) is 23.2. The Morgan fingerprint density at radius 2 is 1.67 bits per heavy atom. The summed E-state index contributed by atoms with van der Waals surface area (Å²) >= 11 is 0. The molecule has 21 heavy (non-hydrogen) atoms. The van der Waals surface area contributed by atoms with E-state index in [0.29, 0.717) is 5.56 Å². The molecule has 1 amide bonds. The number of ether oxygens (including phenoxy) is 1. The minimum absolute atomic E-state index is 0.136. The van der Waals surface area contributed by atoms with Crippen LogP contribution in [-0.4, -0.2) is 18.4 Å². The van der Waals surface area contributed by atoms with Crippen molar-refractivity contribution in [3.8, 4) is 0 Å². The summed E-state index contributed by atoms with van der Waals surface area (Å²) in [6.45, 7) is -0.0589. The van der Waals surface area contributed by atoms with E-state index in [2.05, 4.69) is 5.32 Å². The van der Waals surface area contributed by atoms with Gasteiger partial charge in [0.25, 0.3) is 0 Å². The highest BCUT2D eigenvalue weighted by molar-refractivity contribution is 5.98. The third-order valence-electron chi connectivity index (χ3n) is 2.77. The molecule has 0 saturated carbocycles. The van der Waals surface area contributed by atoms with E-state index in [-0.39, 0.29) is 18.9 Å². The van der Waals surface area contributed by atoms with Crippen molar-refractivity contribution in [2.45, 2.75) is 6.61 Å². The molecule has 4 nitrogen and oxygen atoms in total. The smallest absolute Gasteiger partial charge is 0.407 e. The number of rotatable bonds is 5. The van der Waals surface area contributed by atoms with Crippen LogP contribution in [0.2, 0.25) is 0 Å². The largest absolute Gasteiger partial charge is 0.445 e. The van der Waals surface area contributed by atoms with Crippen molar-refractivity contribution in [1.82, 2.24) is 5.32 Å². The summed E-state index contributed by atoms with van der Waals surface area (Å²) in [5, 5.41) is 2.36. The molecule has 0 aliphatic carbocycles. The van der Waals surface area contributed by atoms with Crippen molar-refractivity contribution in [1.29, 1.82) is 0 Å². The van der Waals surface area contributed by atoms with Crippen molar-refractivity contribution in [2.75, 3.05) is 6.54 Å². The summed E-state index contributed by atoms with van der Waals surface area (Å²) in [7, 11) is 0. The fourth-order valence-electron chi connectivity index (χ4n) is 1.66. The molecule has 0 aromatic heterocycles. The van der Waals surface area contributed by atoms with Crippen LogP contribution in [0, 0.1) is 5.82 Å². The van der Waals surface area contributed by atoms with E-state index in [1.807, 2.05) is 30.3 Å². The van der Waals surface area contributed by atoms with Crippen molar-refractivity contribution < 1.29 is 18.7 Å². The predicted molar refractivity (Wildman–Crippen MR) is 75.4 cm³/mol. The van der Waals surface area contributed by atoms with Gasteiger partial charge in [-0.3, -0.25) is 4.79 Å². The Hall–Kier alpha value is -2.69. The quantitative estimate of drug-likeness (QED) is 0.860. The second-order valence-corrected chi connectivity index (χ2v) is 4.35. The Labute approximate surface area is 121 Å². The first-order chi connectivity index (χ1) is 10.1. The third-order valence-corrected chi connectivity index (χ3v) is 2.77. The molecule has 0 aliphatic heterocycles. The van der Waals surface area contributed by atoms with Crippen LogP contribution >= 0.6 is 0 Å². The predicted octanol–water partition coefficient (Wildman–Crippen LogP) is 2.93. The number of nitrogens with one attached hydrogen (secondary N) is 1. The zero-order valence-electron chi connectivity index (χ0n) is 11.2. The fraction of sp³-hybridized carbons (Fsp3) is 0.125. The van der Waals surface area contributed by atoms with Gasteiger partial charge in [0, 0.05) is 5.56 Å². The SMILES string of the molecule is O=C(NCC(=O)c1ccc(F)cc1)OCc1ccccc1. The van der Waals surface area contributed by atoms with E-state index in [0.717, 1.165) is 5.56 Å².